The molecule has 4 N–H and O–H groups in total. The minimum Gasteiger partial charge on any atom is -0.390 e. The minimum absolute atomic E-state index is 0.239. The first-order valence-electron chi connectivity index (χ1n) is 10.6. The van der Waals surface area contributed by atoms with E-state index >= 15 is 0 Å². The number of rotatable bonds is 22. The van der Waals surface area contributed by atoms with Gasteiger partial charge in [-0.1, -0.05) is 46.2 Å². The molecule has 0 fully saturated rings. The summed E-state index contributed by atoms with van der Waals surface area (Å²) in [6, 6.07) is 0. The average molecular weight is 607 g/mol. The van der Waals surface area contributed by atoms with Gasteiger partial charge in [-0.15, -0.1) is 0 Å². The Labute approximate surface area is 230 Å². The van der Waals surface area contributed by atoms with Gasteiger partial charge in [0, 0.05) is 11.5 Å². The second-order valence-corrected chi connectivity index (χ2v) is 12.5. The van der Waals surface area contributed by atoms with E-state index in [1.165, 1.54) is 46.2 Å². The Hall–Kier alpha value is -0.0200. The zero-order valence-electron chi connectivity index (χ0n) is 18.9. The van der Waals surface area contributed by atoms with Crippen molar-refractivity contribution in [3.63, 3.8) is 0 Å². The Balaban J connectivity index is 1.26. The van der Waals surface area contributed by atoms with E-state index in [1.54, 1.807) is 0 Å². The Bertz CT molecular complexity index is 825. The number of hydrogen-bond donors (Lipinski definition) is 4. The van der Waals surface area contributed by atoms with Crippen molar-refractivity contribution >= 4 is 70.6 Å². The van der Waals surface area contributed by atoms with Gasteiger partial charge in [-0.25, -0.2) is 0 Å². The van der Waals surface area contributed by atoms with Gasteiger partial charge in [0.15, 0.2) is 16.6 Å². The van der Waals surface area contributed by atoms with E-state index < -0.39 is 12.2 Å². The zero-order valence-corrected chi connectivity index (χ0v) is 23.8. The van der Waals surface area contributed by atoms with Crippen molar-refractivity contribution in [2.24, 2.45) is 0 Å². The van der Waals surface area contributed by atoms with Crippen LogP contribution in [0.15, 0.2) is 8.68 Å². The first kappa shape index (κ1) is 31.2. The standard InChI is InChI=1S/C18H30N4O7S6/c23-13(11-32-17-21-19-15(30)34-17)9-28-7-5-26-3-1-25-2-4-27-6-8-29-10-14(24)12-33-18-22-20-16(31)35-18/h13-14,23-24H,1-12H2,(H,19,30)(H,20,31). The maximum atomic E-state index is 9.89. The van der Waals surface area contributed by atoms with E-state index in [0.717, 1.165) is 8.68 Å². The normalized spacial score (nSPS) is 13.3. The molecule has 0 bridgehead atoms. The molecule has 0 aliphatic rings. The summed E-state index contributed by atoms with van der Waals surface area (Å²) in [5.41, 5.74) is 0. The summed E-state index contributed by atoms with van der Waals surface area (Å²) in [4.78, 5) is 0. The topological polar surface area (TPSA) is 144 Å². The minimum atomic E-state index is -0.580. The van der Waals surface area contributed by atoms with E-state index in [1.807, 2.05) is 0 Å². The zero-order chi connectivity index (χ0) is 25.1. The summed E-state index contributed by atoms with van der Waals surface area (Å²) in [6.45, 7) is 3.97. The lowest BCUT2D eigenvalue weighted by atomic mass is 10.4. The van der Waals surface area contributed by atoms with Crippen molar-refractivity contribution in [3.8, 4) is 0 Å². The van der Waals surface area contributed by atoms with Crippen LogP contribution in [-0.2, 0) is 23.7 Å². The van der Waals surface area contributed by atoms with Crippen LogP contribution in [0.25, 0.3) is 0 Å². The van der Waals surface area contributed by atoms with Gasteiger partial charge in [-0.2, -0.15) is 10.2 Å². The highest BCUT2D eigenvalue weighted by molar-refractivity contribution is 8.01. The number of H-pyrrole nitrogens is 2. The molecule has 2 aromatic rings. The van der Waals surface area contributed by atoms with Gasteiger partial charge in [0.25, 0.3) is 0 Å². The SMILES string of the molecule is OC(COCCOCCOCCOCCOCC(O)CSc1n[nH]c(=S)s1)CSc1n[nH]c(=S)s1. The molecule has 35 heavy (non-hydrogen) atoms. The lowest BCUT2D eigenvalue weighted by molar-refractivity contribution is -0.0231. The molecule has 2 aromatic heterocycles. The number of ether oxygens (including phenoxy) is 5. The fourth-order valence-electron chi connectivity index (χ4n) is 2.20. The van der Waals surface area contributed by atoms with E-state index in [9.17, 15) is 10.2 Å². The van der Waals surface area contributed by atoms with E-state index in [4.69, 9.17) is 48.1 Å². The van der Waals surface area contributed by atoms with Crippen molar-refractivity contribution in [1.82, 2.24) is 20.4 Å². The first-order valence-corrected chi connectivity index (χ1v) is 15.1. The van der Waals surface area contributed by atoms with Crippen LogP contribution in [0.4, 0.5) is 0 Å². The lowest BCUT2D eigenvalue weighted by Gasteiger charge is -2.11. The largest absolute Gasteiger partial charge is 0.390 e. The molecule has 2 rings (SSSR count). The molecule has 2 unspecified atom stereocenters. The number of thioether (sulfide) groups is 2. The summed E-state index contributed by atoms with van der Waals surface area (Å²) in [5, 5.41) is 33.2. The Morgan fingerprint density at radius 3 is 1.31 bits per heavy atom. The van der Waals surface area contributed by atoms with Crippen LogP contribution >= 0.6 is 70.6 Å². The van der Waals surface area contributed by atoms with Gasteiger partial charge in [-0.05, 0) is 24.4 Å². The first-order chi connectivity index (χ1) is 17.0. The quantitative estimate of drug-likeness (QED) is 0.0885. The van der Waals surface area contributed by atoms with Gasteiger partial charge in [0.1, 0.15) is 0 Å². The van der Waals surface area contributed by atoms with Crippen molar-refractivity contribution in [2.45, 2.75) is 20.9 Å². The van der Waals surface area contributed by atoms with Crippen LogP contribution in [0.2, 0.25) is 0 Å². The van der Waals surface area contributed by atoms with Gasteiger partial charge >= 0.3 is 0 Å². The fourth-order valence-corrected chi connectivity index (χ4v) is 6.23. The molecule has 0 amide bonds. The highest BCUT2D eigenvalue weighted by Gasteiger charge is 2.08. The maximum absolute atomic E-state index is 9.89. The molecular formula is C18H30N4O7S6. The van der Waals surface area contributed by atoms with Gasteiger partial charge in [0.05, 0.1) is 78.3 Å². The van der Waals surface area contributed by atoms with Crippen LogP contribution < -0.4 is 0 Å². The third-order valence-electron chi connectivity index (χ3n) is 3.74. The second-order valence-electron chi connectivity index (χ2n) is 6.67. The van der Waals surface area contributed by atoms with Crippen molar-refractivity contribution in [1.29, 1.82) is 0 Å². The smallest absolute Gasteiger partial charge is 0.177 e. The molecule has 17 heteroatoms. The van der Waals surface area contributed by atoms with E-state index in [2.05, 4.69) is 20.4 Å². The van der Waals surface area contributed by atoms with Gasteiger partial charge in [0.2, 0.25) is 0 Å². The highest BCUT2D eigenvalue weighted by Crippen LogP contribution is 2.21. The summed E-state index contributed by atoms with van der Waals surface area (Å²) in [7, 11) is 0. The van der Waals surface area contributed by atoms with Crippen LogP contribution in [0.5, 0.6) is 0 Å². The maximum Gasteiger partial charge on any atom is 0.177 e. The second kappa shape index (κ2) is 20.0. The third-order valence-corrected chi connectivity index (χ3v) is 8.50. The monoisotopic (exact) mass is 606 g/mol. The molecule has 0 saturated heterocycles. The Morgan fingerprint density at radius 2 is 1.00 bits per heavy atom. The predicted octanol–water partition coefficient (Wildman–Crippen LogP) is 2.40. The molecule has 0 aliphatic carbocycles. The summed E-state index contributed by atoms with van der Waals surface area (Å²) in [5.74, 6) is 0.980. The molecule has 0 aromatic carbocycles. The highest BCUT2D eigenvalue weighted by atomic mass is 32.2. The summed E-state index contributed by atoms with van der Waals surface area (Å²) >= 11 is 15.6. The van der Waals surface area contributed by atoms with E-state index in [-0.39, 0.29) is 13.2 Å². The third kappa shape index (κ3) is 16.4. The molecule has 200 valence electrons. The Kier molecular flexibility index (Phi) is 17.8. The van der Waals surface area contributed by atoms with Crippen molar-refractivity contribution in [3.05, 3.63) is 7.91 Å². The summed E-state index contributed by atoms with van der Waals surface area (Å²) < 4.78 is 29.9. The van der Waals surface area contributed by atoms with Gasteiger partial charge in [-0.3, -0.25) is 10.2 Å². The van der Waals surface area contributed by atoms with Crippen LogP contribution in [0.3, 0.4) is 0 Å². The number of nitrogens with one attached hydrogen (secondary N) is 2. The summed E-state index contributed by atoms with van der Waals surface area (Å²) in [6.07, 6.45) is -1.16. The molecular weight excluding hydrogens is 577 g/mol. The molecule has 11 nitrogen and oxygen atoms in total. The number of hydrogen-bond acceptors (Lipinski definition) is 15. The average Bonchev–Trinajstić information content (AvgIpc) is 3.46. The van der Waals surface area contributed by atoms with Crippen LogP contribution in [0, 0.1) is 7.91 Å². The lowest BCUT2D eigenvalue weighted by Crippen LogP contribution is -2.20. The van der Waals surface area contributed by atoms with Crippen molar-refractivity contribution < 1.29 is 33.9 Å². The van der Waals surface area contributed by atoms with Crippen LogP contribution in [-0.4, -0.2) is 120 Å². The van der Waals surface area contributed by atoms with E-state index in [0.29, 0.717) is 72.3 Å². The molecule has 0 aliphatic heterocycles. The molecule has 2 atom stereocenters. The van der Waals surface area contributed by atoms with Gasteiger partial charge < -0.3 is 33.9 Å². The predicted molar refractivity (Wildman–Crippen MR) is 142 cm³/mol. The number of aromatic amines is 2. The Morgan fingerprint density at radius 1 is 0.657 bits per heavy atom. The molecule has 0 saturated carbocycles. The number of aromatic nitrogens is 4. The molecule has 2 heterocycles. The number of nitrogens with zero attached hydrogens (tertiary/aromatic N) is 2. The fraction of sp³-hybridized carbons (Fsp3) is 0.778. The molecule has 0 spiro atoms. The number of aliphatic hydroxyl groups excluding tert-OH is 2. The van der Waals surface area contributed by atoms with Crippen molar-refractivity contribution in [2.75, 3.05) is 77.6 Å². The molecule has 0 radical (unpaired) electrons. The van der Waals surface area contributed by atoms with Crippen LogP contribution in [0.1, 0.15) is 0 Å². The number of aliphatic hydroxyl groups is 2.